The number of para-hydroxylation sites is 1. The normalized spacial score (nSPS) is 16.5. The lowest BCUT2D eigenvalue weighted by molar-refractivity contribution is 0.120. The molecule has 0 radical (unpaired) electrons. The second-order valence-corrected chi connectivity index (χ2v) is 6.79. The lowest BCUT2D eigenvalue weighted by Crippen LogP contribution is -2.44. The van der Waals surface area contributed by atoms with E-state index in [1.165, 1.54) is 12.8 Å². The summed E-state index contributed by atoms with van der Waals surface area (Å²) in [6.07, 6.45) is 2.46. The number of nitrogens with one attached hydrogen (secondary N) is 1. The van der Waals surface area contributed by atoms with Gasteiger partial charge in [-0.1, -0.05) is 18.2 Å². The summed E-state index contributed by atoms with van der Waals surface area (Å²) >= 11 is 0. The summed E-state index contributed by atoms with van der Waals surface area (Å²) < 4.78 is 10.9. The van der Waals surface area contributed by atoms with Gasteiger partial charge in [0.25, 0.3) is 0 Å². The summed E-state index contributed by atoms with van der Waals surface area (Å²) in [5, 5.41) is 3.52. The second-order valence-electron chi connectivity index (χ2n) is 6.79. The SMILES string of the molecule is CN=C(NCC1CCN(CCOC)CC1)N(C)CCOc1ccccc1. The molecule has 1 aromatic carbocycles. The van der Waals surface area contributed by atoms with E-state index in [0.29, 0.717) is 12.5 Å². The van der Waals surface area contributed by atoms with Crippen molar-refractivity contribution in [1.29, 1.82) is 0 Å². The van der Waals surface area contributed by atoms with Gasteiger partial charge in [0, 0.05) is 34.3 Å². The van der Waals surface area contributed by atoms with Crippen molar-refractivity contribution in [1.82, 2.24) is 15.1 Å². The minimum Gasteiger partial charge on any atom is -0.492 e. The molecule has 1 aliphatic rings. The molecule has 0 atom stereocenters. The van der Waals surface area contributed by atoms with E-state index >= 15 is 0 Å². The van der Waals surface area contributed by atoms with Crippen LogP contribution in [-0.4, -0.2) is 82.9 Å². The average molecular weight is 363 g/mol. The van der Waals surface area contributed by atoms with Crippen molar-refractivity contribution in [3.63, 3.8) is 0 Å². The first-order chi connectivity index (χ1) is 12.7. The molecular formula is C20H34N4O2. The fraction of sp³-hybridized carbons (Fsp3) is 0.650. The molecule has 0 aromatic heterocycles. The zero-order valence-corrected chi connectivity index (χ0v) is 16.5. The lowest BCUT2D eigenvalue weighted by atomic mass is 9.97. The number of hydrogen-bond acceptors (Lipinski definition) is 4. The number of guanidine groups is 1. The van der Waals surface area contributed by atoms with E-state index in [0.717, 1.165) is 51.0 Å². The Bertz CT molecular complexity index is 516. The van der Waals surface area contributed by atoms with E-state index in [4.69, 9.17) is 9.47 Å². The van der Waals surface area contributed by atoms with Gasteiger partial charge in [0.15, 0.2) is 5.96 Å². The summed E-state index contributed by atoms with van der Waals surface area (Å²) in [4.78, 5) is 9.01. The van der Waals surface area contributed by atoms with Gasteiger partial charge in [-0.05, 0) is 44.0 Å². The van der Waals surface area contributed by atoms with Crippen LogP contribution < -0.4 is 10.1 Å². The Hall–Kier alpha value is -1.79. The number of benzene rings is 1. The van der Waals surface area contributed by atoms with Crippen molar-refractivity contribution in [3.05, 3.63) is 30.3 Å². The van der Waals surface area contributed by atoms with Crippen molar-refractivity contribution >= 4 is 5.96 Å². The van der Waals surface area contributed by atoms with Crippen LogP contribution >= 0.6 is 0 Å². The fourth-order valence-electron chi connectivity index (χ4n) is 3.18. The highest BCUT2D eigenvalue weighted by Crippen LogP contribution is 2.16. The maximum absolute atomic E-state index is 5.77. The van der Waals surface area contributed by atoms with Gasteiger partial charge in [0.05, 0.1) is 13.2 Å². The van der Waals surface area contributed by atoms with Gasteiger partial charge in [0.1, 0.15) is 12.4 Å². The third-order valence-corrected chi connectivity index (χ3v) is 4.88. The zero-order chi connectivity index (χ0) is 18.6. The van der Waals surface area contributed by atoms with E-state index in [9.17, 15) is 0 Å². The topological polar surface area (TPSA) is 49.3 Å². The predicted molar refractivity (Wildman–Crippen MR) is 107 cm³/mol. The third-order valence-electron chi connectivity index (χ3n) is 4.88. The molecule has 6 heteroatoms. The first kappa shape index (κ1) is 20.5. The van der Waals surface area contributed by atoms with Gasteiger partial charge in [0.2, 0.25) is 0 Å². The van der Waals surface area contributed by atoms with Crippen molar-refractivity contribution < 1.29 is 9.47 Å². The van der Waals surface area contributed by atoms with Crippen molar-refractivity contribution in [2.75, 3.05) is 67.1 Å². The van der Waals surface area contributed by atoms with Crippen LogP contribution in [-0.2, 0) is 4.74 Å². The highest BCUT2D eigenvalue weighted by molar-refractivity contribution is 5.79. The molecule has 0 amide bonds. The molecule has 1 saturated heterocycles. The molecule has 1 aliphatic heterocycles. The van der Waals surface area contributed by atoms with Crippen molar-refractivity contribution in [3.8, 4) is 5.75 Å². The first-order valence-electron chi connectivity index (χ1n) is 9.54. The van der Waals surface area contributed by atoms with Crippen LogP contribution in [0.5, 0.6) is 5.75 Å². The van der Waals surface area contributed by atoms with Crippen LogP contribution in [0.2, 0.25) is 0 Å². The number of likely N-dealkylation sites (N-methyl/N-ethyl adjacent to an activating group) is 1. The van der Waals surface area contributed by atoms with Crippen LogP contribution in [0.25, 0.3) is 0 Å². The molecule has 0 saturated carbocycles. The van der Waals surface area contributed by atoms with Gasteiger partial charge in [-0.3, -0.25) is 4.99 Å². The van der Waals surface area contributed by atoms with E-state index in [-0.39, 0.29) is 0 Å². The second kappa shape index (κ2) is 11.8. The molecule has 26 heavy (non-hydrogen) atoms. The monoisotopic (exact) mass is 362 g/mol. The summed E-state index contributed by atoms with van der Waals surface area (Å²) in [6, 6.07) is 9.92. The Labute approximate surface area is 158 Å². The smallest absolute Gasteiger partial charge is 0.193 e. The summed E-state index contributed by atoms with van der Waals surface area (Å²) in [5.41, 5.74) is 0. The van der Waals surface area contributed by atoms with Crippen molar-refractivity contribution in [2.45, 2.75) is 12.8 Å². The number of piperidine rings is 1. The number of likely N-dealkylation sites (tertiary alicyclic amines) is 1. The Kier molecular flexibility index (Phi) is 9.28. The fourth-order valence-corrected chi connectivity index (χ4v) is 3.18. The van der Waals surface area contributed by atoms with Gasteiger partial charge < -0.3 is 24.6 Å². The van der Waals surface area contributed by atoms with Gasteiger partial charge >= 0.3 is 0 Å². The Morgan fingerprint density at radius 2 is 1.96 bits per heavy atom. The Morgan fingerprint density at radius 3 is 2.62 bits per heavy atom. The predicted octanol–water partition coefficient (Wildman–Crippen LogP) is 1.93. The molecule has 146 valence electrons. The first-order valence-corrected chi connectivity index (χ1v) is 9.54. The molecule has 1 fully saturated rings. The van der Waals surface area contributed by atoms with Crippen LogP contribution in [0.4, 0.5) is 0 Å². The van der Waals surface area contributed by atoms with E-state index < -0.39 is 0 Å². The maximum atomic E-state index is 5.77. The quantitative estimate of drug-likeness (QED) is 0.537. The standard InChI is InChI=1S/C20H34N4O2/c1-21-20(23(2)13-16-26-19-7-5-4-6-8-19)22-17-18-9-11-24(12-10-18)14-15-25-3/h4-8,18H,9-17H2,1-3H3,(H,21,22). The number of rotatable bonds is 9. The molecule has 1 aromatic rings. The van der Waals surface area contributed by atoms with Gasteiger partial charge in [-0.15, -0.1) is 0 Å². The molecule has 0 aliphatic carbocycles. The molecule has 2 rings (SSSR count). The van der Waals surface area contributed by atoms with Crippen LogP contribution in [0.3, 0.4) is 0 Å². The summed E-state index contributed by atoms with van der Waals surface area (Å²) in [7, 11) is 5.66. The minimum absolute atomic E-state index is 0.638. The number of aliphatic imine (C=N–C) groups is 1. The van der Waals surface area contributed by atoms with E-state index in [1.807, 2.05) is 37.4 Å². The van der Waals surface area contributed by atoms with Crippen LogP contribution in [0.15, 0.2) is 35.3 Å². The average Bonchev–Trinajstić information content (AvgIpc) is 2.68. The molecule has 0 bridgehead atoms. The number of ether oxygens (including phenoxy) is 2. The molecule has 1 N–H and O–H groups in total. The maximum Gasteiger partial charge on any atom is 0.193 e. The molecular weight excluding hydrogens is 328 g/mol. The summed E-state index contributed by atoms with van der Waals surface area (Å²) in [5.74, 6) is 2.55. The van der Waals surface area contributed by atoms with Crippen LogP contribution in [0.1, 0.15) is 12.8 Å². The van der Waals surface area contributed by atoms with Crippen molar-refractivity contribution in [2.24, 2.45) is 10.9 Å². The number of hydrogen-bond donors (Lipinski definition) is 1. The molecule has 0 spiro atoms. The highest BCUT2D eigenvalue weighted by Gasteiger charge is 2.19. The van der Waals surface area contributed by atoms with Gasteiger partial charge in [-0.25, -0.2) is 0 Å². The molecule has 0 unspecified atom stereocenters. The molecule has 1 heterocycles. The number of nitrogens with zero attached hydrogens (tertiary/aromatic N) is 3. The van der Waals surface area contributed by atoms with Crippen LogP contribution in [0, 0.1) is 5.92 Å². The Balaban J connectivity index is 1.64. The van der Waals surface area contributed by atoms with E-state index in [1.54, 1.807) is 7.11 Å². The molecule has 6 nitrogen and oxygen atoms in total. The third kappa shape index (κ3) is 7.22. The number of methoxy groups -OCH3 is 1. The minimum atomic E-state index is 0.638. The summed E-state index contributed by atoms with van der Waals surface area (Å²) in [6.45, 7) is 6.61. The zero-order valence-electron chi connectivity index (χ0n) is 16.5. The lowest BCUT2D eigenvalue weighted by Gasteiger charge is -2.32. The Morgan fingerprint density at radius 1 is 1.23 bits per heavy atom. The van der Waals surface area contributed by atoms with E-state index in [2.05, 4.69) is 27.2 Å². The van der Waals surface area contributed by atoms with Gasteiger partial charge in [-0.2, -0.15) is 0 Å². The highest BCUT2D eigenvalue weighted by atomic mass is 16.5. The largest absolute Gasteiger partial charge is 0.492 e.